The fourth-order valence-corrected chi connectivity index (χ4v) is 1.66. The zero-order valence-electron chi connectivity index (χ0n) is 10.6. The fraction of sp³-hybridized carbons (Fsp3) is 1.00. The van der Waals surface area contributed by atoms with Gasteiger partial charge in [0.05, 0.1) is 0 Å². The van der Waals surface area contributed by atoms with E-state index in [1.165, 1.54) is 38.5 Å². The highest BCUT2D eigenvalue weighted by atomic mass is 14.7. The lowest BCUT2D eigenvalue weighted by Gasteiger charge is -2.17. The summed E-state index contributed by atoms with van der Waals surface area (Å²) in [6.07, 6.45) is 9.42. The van der Waals surface area contributed by atoms with Crippen LogP contribution in [0.3, 0.4) is 0 Å². The van der Waals surface area contributed by atoms with Gasteiger partial charge in [-0.2, -0.15) is 0 Å². The van der Waals surface area contributed by atoms with Crippen LogP contribution in [0.15, 0.2) is 0 Å². The Hall–Kier alpha value is -0.0400. The molecule has 0 aromatic carbocycles. The maximum atomic E-state index is 5.92. The zero-order chi connectivity index (χ0) is 11.0. The highest BCUT2D eigenvalue weighted by molar-refractivity contribution is 4.70. The van der Waals surface area contributed by atoms with Crippen molar-refractivity contribution in [1.29, 1.82) is 0 Å². The van der Waals surface area contributed by atoms with E-state index in [0.717, 1.165) is 12.3 Å². The number of rotatable bonds is 8. The van der Waals surface area contributed by atoms with Crippen molar-refractivity contribution >= 4 is 0 Å². The first-order valence-electron chi connectivity index (χ1n) is 6.21. The molecule has 0 aromatic heterocycles. The van der Waals surface area contributed by atoms with Crippen LogP contribution < -0.4 is 5.73 Å². The van der Waals surface area contributed by atoms with E-state index in [0.29, 0.717) is 0 Å². The fourth-order valence-electron chi connectivity index (χ4n) is 1.66. The van der Waals surface area contributed by atoms with Gasteiger partial charge >= 0.3 is 0 Å². The summed E-state index contributed by atoms with van der Waals surface area (Å²) in [5, 5.41) is 0. The zero-order valence-corrected chi connectivity index (χ0v) is 10.6. The number of unbranched alkanes of at least 4 members (excludes halogenated alkanes) is 4. The molecule has 0 spiro atoms. The van der Waals surface area contributed by atoms with Gasteiger partial charge in [0.1, 0.15) is 0 Å². The quantitative estimate of drug-likeness (QED) is 0.585. The Bertz CT molecular complexity index is 122. The minimum Gasteiger partial charge on any atom is -0.326 e. The van der Waals surface area contributed by atoms with Gasteiger partial charge in [-0.25, -0.2) is 0 Å². The summed E-state index contributed by atoms with van der Waals surface area (Å²) in [6, 6.07) is 0. The normalized spacial score (nSPS) is 12.4. The lowest BCUT2D eigenvalue weighted by atomic mass is 9.97. The predicted octanol–water partition coefficient (Wildman–Crippen LogP) is 4.11. The van der Waals surface area contributed by atoms with Crippen LogP contribution in [0.2, 0.25) is 0 Å². The Morgan fingerprint density at radius 3 is 1.93 bits per heavy atom. The predicted molar refractivity (Wildman–Crippen MR) is 65.4 cm³/mol. The summed E-state index contributed by atoms with van der Waals surface area (Å²) in [7, 11) is 0. The molecule has 0 fully saturated rings. The van der Waals surface area contributed by atoms with Crippen molar-refractivity contribution in [3.05, 3.63) is 0 Å². The van der Waals surface area contributed by atoms with Crippen molar-refractivity contribution < 1.29 is 0 Å². The molecule has 0 aliphatic heterocycles. The monoisotopic (exact) mass is 199 g/mol. The lowest BCUT2D eigenvalue weighted by molar-refractivity contribution is 0.437. The van der Waals surface area contributed by atoms with Crippen molar-refractivity contribution in [2.75, 3.05) is 0 Å². The number of hydrogen-bond donors (Lipinski definition) is 1. The molecule has 86 valence electrons. The van der Waals surface area contributed by atoms with Crippen LogP contribution in [0, 0.1) is 5.92 Å². The van der Waals surface area contributed by atoms with Crippen LogP contribution in [0.5, 0.6) is 0 Å². The van der Waals surface area contributed by atoms with Gasteiger partial charge in [-0.3, -0.25) is 0 Å². The van der Waals surface area contributed by atoms with E-state index < -0.39 is 0 Å². The van der Waals surface area contributed by atoms with Gasteiger partial charge in [0.2, 0.25) is 0 Å². The summed E-state index contributed by atoms with van der Waals surface area (Å²) in [4.78, 5) is 0. The van der Waals surface area contributed by atoms with Crippen LogP contribution in [-0.2, 0) is 0 Å². The molecular formula is C13H29N. The van der Waals surface area contributed by atoms with E-state index in [-0.39, 0.29) is 5.54 Å². The van der Waals surface area contributed by atoms with Crippen molar-refractivity contribution in [1.82, 2.24) is 0 Å². The van der Waals surface area contributed by atoms with Gasteiger partial charge in [0.25, 0.3) is 0 Å². The molecule has 0 heterocycles. The largest absolute Gasteiger partial charge is 0.326 e. The second-order valence-electron chi connectivity index (χ2n) is 5.69. The molecule has 14 heavy (non-hydrogen) atoms. The van der Waals surface area contributed by atoms with E-state index in [9.17, 15) is 0 Å². The Balaban J connectivity index is 3.07. The topological polar surface area (TPSA) is 26.0 Å². The first kappa shape index (κ1) is 14.0. The van der Waals surface area contributed by atoms with Gasteiger partial charge in [-0.1, -0.05) is 52.4 Å². The average molecular weight is 199 g/mol. The third kappa shape index (κ3) is 12.0. The molecule has 1 nitrogen and oxygen atoms in total. The lowest BCUT2D eigenvalue weighted by Crippen LogP contribution is -2.31. The van der Waals surface area contributed by atoms with Gasteiger partial charge < -0.3 is 5.73 Å². The molecule has 0 aliphatic carbocycles. The van der Waals surface area contributed by atoms with E-state index in [4.69, 9.17) is 5.73 Å². The van der Waals surface area contributed by atoms with Crippen LogP contribution in [0.4, 0.5) is 0 Å². The third-order valence-corrected chi connectivity index (χ3v) is 2.60. The van der Waals surface area contributed by atoms with E-state index >= 15 is 0 Å². The first-order valence-corrected chi connectivity index (χ1v) is 6.21. The second-order valence-corrected chi connectivity index (χ2v) is 5.69. The smallest absolute Gasteiger partial charge is 0.00970 e. The van der Waals surface area contributed by atoms with Gasteiger partial charge in [-0.05, 0) is 26.2 Å². The molecule has 0 amide bonds. The van der Waals surface area contributed by atoms with Gasteiger partial charge in [0, 0.05) is 5.54 Å². The standard InChI is InChI=1S/C13H29N/c1-12(2)10-8-6-5-7-9-11-13(3,4)14/h12H,5-11,14H2,1-4H3. The molecular weight excluding hydrogens is 170 g/mol. The highest BCUT2D eigenvalue weighted by Crippen LogP contribution is 2.14. The summed E-state index contributed by atoms with van der Waals surface area (Å²) in [6.45, 7) is 8.84. The summed E-state index contributed by atoms with van der Waals surface area (Å²) in [5.41, 5.74) is 5.96. The van der Waals surface area contributed by atoms with Crippen LogP contribution in [-0.4, -0.2) is 5.54 Å². The van der Waals surface area contributed by atoms with Gasteiger partial charge in [-0.15, -0.1) is 0 Å². The Morgan fingerprint density at radius 1 is 0.929 bits per heavy atom. The highest BCUT2D eigenvalue weighted by Gasteiger charge is 2.08. The van der Waals surface area contributed by atoms with Gasteiger partial charge in [0.15, 0.2) is 0 Å². The molecule has 0 aliphatic rings. The molecule has 0 unspecified atom stereocenters. The van der Waals surface area contributed by atoms with Crippen molar-refractivity contribution in [2.24, 2.45) is 11.7 Å². The van der Waals surface area contributed by atoms with E-state index in [2.05, 4.69) is 27.7 Å². The van der Waals surface area contributed by atoms with Crippen molar-refractivity contribution in [3.8, 4) is 0 Å². The minimum atomic E-state index is 0.0396. The Morgan fingerprint density at radius 2 is 1.43 bits per heavy atom. The second kappa shape index (κ2) is 7.28. The van der Waals surface area contributed by atoms with Crippen LogP contribution >= 0.6 is 0 Å². The molecule has 0 atom stereocenters. The van der Waals surface area contributed by atoms with Crippen LogP contribution in [0.25, 0.3) is 0 Å². The minimum absolute atomic E-state index is 0.0396. The molecule has 1 heteroatoms. The summed E-state index contributed by atoms with van der Waals surface area (Å²) >= 11 is 0. The van der Waals surface area contributed by atoms with Crippen LogP contribution in [0.1, 0.15) is 72.6 Å². The third-order valence-electron chi connectivity index (χ3n) is 2.60. The first-order chi connectivity index (χ1) is 6.42. The molecule has 0 bridgehead atoms. The van der Waals surface area contributed by atoms with E-state index in [1.807, 2.05) is 0 Å². The molecule has 0 saturated carbocycles. The average Bonchev–Trinajstić information content (AvgIpc) is 2.00. The maximum Gasteiger partial charge on any atom is 0.00970 e. The summed E-state index contributed by atoms with van der Waals surface area (Å²) < 4.78 is 0. The summed E-state index contributed by atoms with van der Waals surface area (Å²) in [5.74, 6) is 0.873. The molecule has 0 radical (unpaired) electrons. The van der Waals surface area contributed by atoms with Crippen molar-refractivity contribution in [3.63, 3.8) is 0 Å². The molecule has 0 rings (SSSR count). The molecule has 0 aromatic rings. The molecule has 2 N–H and O–H groups in total. The van der Waals surface area contributed by atoms with E-state index in [1.54, 1.807) is 0 Å². The van der Waals surface area contributed by atoms with Crippen molar-refractivity contribution in [2.45, 2.75) is 78.2 Å². The SMILES string of the molecule is CC(C)CCCCCCCC(C)(C)N. The number of nitrogens with two attached hydrogens (primary N) is 1. The maximum absolute atomic E-state index is 5.92. The number of hydrogen-bond acceptors (Lipinski definition) is 1. The Kier molecular flexibility index (Phi) is 7.26. The Labute approximate surface area is 90.5 Å². The molecule has 0 saturated heterocycles.